The van der Waals surface area contributed by atoms with Gasteiger partial charge in [0.15, 0.2) is 0 Å². The summed E-state index contributed by atoms with van der Waals surface area (Å²) in [6.45, 7) is -0.285. The third-order valence-electron chi connectivity index (χ3n) is 2.07. The molecule has 1 aromatic carbocycles. The Morgan fingerprint density at radius 1 is 1.41 bits per heavy atom. The lowest BCUT2D eigenvalue weighted by molar-refractivity contribution is 0.0572. The molecule has 0 N–H and O–H groups in total. The molecule has 0 bridgehead atoms. The predicted octanol–water partition coefficient (Wildman–Crippen LogP) is 3.55. The normalized spacial score (nSPS) is 10.6. The van der Waals surface area contributed by atoms with E-state index in [0.29, 0.717) is 10.9 Å². The molecule has 1 aromatic rings. The van der Waals surface area contributed by atoms with E-state index in [2.05, 4.69) is 31.9 Å². The maximum Gasteiger partial charge on any atom is 0.255 e. The highest BCUT2D eigenvalue weighted by atomic mass is 79.9. The molecule has 2 nitrogen and oxygen atoms in total. The molecule has 0 saturated carbocycles. The Morgan fingerprint density at radius 2 is 2.12 bits per heavy atom. The van der Waals surface area contributed by atoms with Crippen molar-refractivity contribution in [3.8, 4) is 0 Å². The van der Waals surface area contributed by atoms with Crippen LogP contribution in [0.1, 0.15) is 10.4 Å². The molecule has 6 heteroatoms. The van der Waals surface area contributed by atoms with Gasteiger partial charge in [-0.2, -0.15) is 0 Å². The zero-order valence-corrected chi connectivity index (χ0v) is 12.0. The van der Waals surface area contributed by atoms with Gasteiger partial charge in [-0.15, -0.1) is 0 Å². The van der Waals surface area contributed by atoms with Crippen LogP contribution in [0.5, 0.6) is 0 Å². The summed E-state index contributed by atoms with van der Waals surface area (Å²) in [4.78, 5) is 13.1. The number of halogens is 4. The molecule has 0 aliphatic heterocycles. The molecule has 0 spiro atoms. The van der Waals surface area contributed by atoms with Crippen molar-refractivity contribution in [1.82, 2.24) is 4.90 Å². The fourth-order valence-corrected chi connectivity index (χ4v) is 2.18. The van der Waals surface area contributed by atoms with Gasteiger partial charge in [0.05, 0.1) is 6.54 Å². The molecule has 0 radical (unpaired) electrons. The van der Waals surface area contributed by atoms with Gasteiger partial charge in [0.1, 0.15) is 0 Å². The minimum absolute atomic E-state index is 0.260. The highest BCUT2D eigenvalue weighted by Crippen LogP contribution is 2.14. The number of carbonyl (C=O) groups excluding carboxylic acids is 1. The topological polar surface area (TPSA) is 20.3 Å². The van der Waals surface area contributed by atoms with Gasteiger partial charge in [0, 0.05) is 21.9 Å². The summed E-state index contributed by atoms with van der Waals surface area (Å²) >= 11 is 6.39. The van der Waals surface area contributed by atoms with E-state index in [1.54, 1.807) is 24.3 Å². The summed E-state index contributed by atoms with van der Waals surface area (Å²) in [5, 5.41) is 0.472. The van der Waals surface area contributed by atoms with Crippen molar-refractivity contribution in [3.05, 3.63) is 34.3 Å². The molecule has 1 rings (SSSR count). The fourth-order valence-electron chi connectivity index (χ4n) is 1.35. The highest BCUT2D eigenvalue weighted by molar-refractivity contribution is 9.10. The zero-order chi connectivity index (χ0) is 12.8. The van der Waals surface area contributed by atoms with Crippen LogP contribution < -0.4 is 0 Å². The largest absolute Gasteiger partial charge is 0.332 e. The lowest BCUT2D eigenvalue weighted by atomic mass is 10.2. The summed E-state index contributed by atoms with van der Waals surface area (Å²) in [5.74, 6) is -0.383. The van der Waals surface area contributed by atoms with Crippen LogP contribution in [0.15, 0.2) is 28.7 Å². The van der Waals surface area contributed by atoms with E-state index in [4.69, 9.17) is 0 Å². The second-order valence-corrected chi connectivity index (χ2v) is 5.05. The molecule has 0 fully saturated rings. The van der Waals surface area contributed by atoms with Crippen LogP contribution in [-0.2, 0) is 0 Å². The Labute approximate surface area is 115 Å². The summed E-state index contributed by atoms with van der Waals surface area (Å²) in [6, 6.07) is 6.71. The van der Waals surface area contributed by atoms with E-state index < -0.39 is 13.0 Å². The highest BCUT2D eigenvalue weighted by Gasteiger charge is 2.19. The molecule has 1 amide bonds. The third-order valence-corrected chi connectivity index (χ3v) is 2.92. The van der Waals surface area contributed by atoms with Crippen LogP contribution in [0.3, 0.4) is 0 Å². The van der Waals surface area contributed by atoms with Crippen molar-refractivity contribution in [2.45, 2.75) is 6.43 Å². The van der Waals surface area contributed by atoms with Crippen molar-refractivity contribution in [1.29, 1.82) is 0 Å². The Bertz CT molecular complexity index is 387. The SMILES string of the molecule is O=C(c1cccc(Br)c1)N(CCBr)CC(F)F. The molecule has 0 saturated heterocycles. The van der Waals surface area contributed by atoms with Crippen molar-refractivity contribution < 1.29 is 13.6 Å². The van der Waals surface area contributed by atoms with Gasteiger partial charge in [0.25, 0.3) is 12.3 Å². The van der Waals surface area contributed by atoms with E-state index in [1.807, 2.05) is 0 Å². The predicted molar refractivity (Wildman–Crippen MR) is 69.8 cm³/mol. The maximum absolute atomic E-state index is 12.3. The summed E-state index contributed by atoms with van der Waals surface area (Å²) in [5.41, 5.74) is 0.404. The molecule has 0 aromatic heterocycles. The van der Waals surface area contributed by atoms with Gasteiger partial charge in [-0.05, 0) is 18.2 Å². The number of hydrogen-bond acceptors (Lipinski definition) is 1. The number of nitrogens with zero attached hydrogens (tertiary/aromatic N) is 1. The Morgan fingerprint density at radius 3 is 2.65 bits per heavy atom. The van der Waals surface area contributed by atoms with Crippen molar-refractivity contribution in [2.24, 2.45) is 0 Å². The number of benzene rings is 1. The van der Waals surface area contributed by atoms with Gasteiger partial charge in [0.2, 0.25) is 0 Å². The van der Waals surface area contributed by atoms with E-state index in [-0.39, 0.29) is 12.5 Å². The molecule has 0 atom stereocenters. The number of amides is 1. The second-order valence-electron chi connectivity index (χ2n) is 3.34. The average Bonchev–Trinajstić information content (AvgIpc) is 2.27. The zero-order valence-electron chi connectivity index (χ0n) is 8.88. The minimum Gasteiger partial charge on any atom is -0.332 e. The Hall–Kier alpha value is -0.490. The van der Waals surface area contributed by atoms with Crippen molar-refractivity contribution in [2.75, 3.05) is 18.4 Å². The van der Waals surface area contributed by atoms with Crippen LogP contribution in [0, 0.1) is 0 Å². The Balaban J connectivity index is 2.83. The summed E-state index contributed by atoms with van der Waals surface area (Å²) < 4.78 is 25.4. The summed E-state index contributed by atoms with van der Waals surface area (Å²) in [6.07, 6.45) is -2.52. The first kappa shape index (κ1) is 14.6. The third kappa shape index (κ3) is 4.71. The molecule has 0 unspecified atom stereocenters. The van der Waals surface area contributed by atoms with Crippen LogP contribution >= 0.6 is 31.9 Å². The second kappa shape index (κ2) is 7.06. The first-order valence-electron chi connectivity index (χ1n) is 4.93. The van der Waals surface area contributed by atoms with Crippen LogP contribution in [-0.4, -0.2) is 35.7 Å². The number of carbonyl (C=O) groups is 1. The lowest BCUT2D eigenvalue weighted by Gasteiger charge is -2.21. The van der Waals surface area contributed by atoms with Crippen molar-refractivity contribution in [3.63, 3.8) is 0 Å². The minimum atomic E-state index is -2.52. The number of rotatable bonds is 5. The van der Waals surface area contributed by atoms with E-state index in [9.17, 15) is 13.6 Å². The van der Waals surface area contributed by atoms with E-state index in [1.165, 1.54) is 0 Å². The number of alkyl halides is 3. The molecule has 94 valence electrons. The molecule has 17 heavy (non-hydrogen) atoms. The van der Waals surface area contributed by atoms with Gasteiger partial charge in [-0.1, -0.05) is 37.9 Å². The average molecular weight is 371 g/mol. The van der Waals surface area contributed by atoms with Crippen LogP contribution in [0.2, 0.25) is 0 Å². The molecule has 0 aliphatic carbocycles. The smallest absolute Gasteiger partial charge is 0.255 e. The monoisotopic (exact) mass is 369 g/mol. The lowest BCUT2D eigenvalue weighted by Crippen LogP contribution is -2.36. The maximum atomic E-state index is 12.3. The van der Waals surface area contributed by atoms with Gasteiger partial charge in [-0.25, -0.2) is 8.78 Å². The van der Waals surface area contributed by atoms with Gasteiger partial charge in [-0.3, -0.25) is 4.79 Å². The van der Waals surface area contributed by atoms with Gasteiger partial charge < -0.3 is 4.90 Å². The molecular weight excluding hydrogens is 360 g/mol. The van der Waals surface area contributed by atoms with Gasteiger partial charge >= 0.3 is 0 Å². The van der Waals surface area contributed by atoms with E-state index in [0.717, 1.165) is 9.37 Å². The molecule has 0 heterocycles. The van der Waals surface area contributed by atoms with E-state index >= 15 is 0 Å². The van der Waals surface area contributed by atoms with Crippen LogP contribution in [0.25, 0.3) is 0 Å². The van der Waals surface area contributed by atoms with Crippen molar-refractivity contribution >= 4 is 37.8 Å². The quantitative estimate of drug-likeness (QED) is 0.726. The molecular formula is C11H11Br2F2NO. The Kier molecular flexibility index (Phi) is 6.05. The molecule has 0 aliphatic rings. The fraction of sp³-hybridized carbons (Fsp3) is 0.364. The first-order valence-corrected chi connectivity index (χ1v) is 6.85. The summed E-state index contributed by atoms with van der Waals surface area (Å²) in [7, 11) is 0. The first-order chi connectivity index (χ1) is 8.04. The number of hydrogen-bond donors (Lipinski definition) is 0. The standard InChI is InChI=1S/C11H11Br2F2NO/c12-4-5-16(7-10(14)15)11(17)8-2-1-3-9(13)6-8/h1-3,6,10H,4-5,7H2. The van der Waals surface area contributed by atoms with Crippen LogP contribution in [0.4, 0.5) is 8.78 Å².